The fourth-order valence-corrected chi connectivity index (χ4v) is 3.30. The number of aryl methyl sites for hydroxylation is 1. The Hall–Kier alpha value is -2.83. The third kappa shape index (κ3) is 3.05. The maximum atomic E-state index is 13.2. The first-order chi connectivity index (χ1) is 12.4. The van der Waals surface area contributed by atoms with Crippen molar-refractivity contribution in [3.8, 4) is 0 Å². The molecule has 0 aliphatic heterocycles. The SMILES string of the molecule is COC(=O)c1[nH]c(C)c(C(=O)[C@H](C)N(C(=O)c2ccco2)C2CC2)c1C. The van der Waals surface area contributed by atoms with Gasteiger partial charge in [0.2, 0.25) is 0 Å². The fraction of sp³-hybridized carbons (Fsp3) is 0.421. The molecule has 0 aromatic carbocycles. The number of nitrogens with zero attached hydrogens (tertiary/aromatic N) is 1. The summed E-state index contributed by atoms with van der Waals surface area (Å²) in [6.07, 6.45) is 3.17. The number of H-pyrrole nitrogens is 1. The molecule has 3 rings (SSSR count). The van der Waals surface area contributed by atoms with Gasteiger partial charge in [-0.2, -0.15) is 0 Å². The van der Waals surface area contributed by atoms with Crippen molar-refractivity contribution in [3.63, 3.8) is 0 Å². The van der Waals surface area contributed by atoms with Crippen molar-refractivity contribution in [1.29, 1.82) is 0 Å². The van der Waals surface area contributed by atoms with Crippen molar-refractivity contribution in [1.82, 2.24) is 9.88 Å². The molecule has 26 heavy (non-hydrogen) atoms. The van der Waals surface area contributed by atoms with Gasteiger partial charge in [-0.1, -0.05) is 0 Å². The quantitative estimate of drug-likeness (QED) is 0.633. The van der Waals surface area contributed by atoms with Gasteiger partial charge in [0.05, 0.1) is 19.4 Å². The predicted molar refractivity (Wildman–Crippen MR) is 93.3 cm³/mol. The molecule has 0 radical (unpaired) electrons. The number of ether oxygens (including phenoxy) is 1. The van der Waals surface area contributed by atoms with E-state index in [-0.39, 0.29) is 29.2 Å². The molecule has 0 bridgehead atoms. The normalized spacial score (nSPS) is 14.8. The molecule has 1 atom stereocenters. The monoisotopic (exact) mass is 358 g/mol. The number of aromatic amines is 1. The predicted octanol–water partition coefficient (Wildman–Crippen LogP) is 2.89. The summed E-state index contributed by atoms with van der Waals surface area (Å²) in [4.78, 5) is 42.3. The summed E-state index contributed by atoms with van der Waals surface area (Å²) in [6.45, 7) is 5.14. The van der Waals surface area contributed by atoms with E-state index in [0.717, 1.165) is 12.8 Å². The van der Waals surface area contributed by atoms with Crippen molar-refractivity contribution in [2.45, 2.75) is 45.7 Å². The number of rotatable bonds is 6. The van der Waals surface area contributed by atoms with E-state index in [1.165, 1.54) is 13.4 Å². The number of carbonyl (C=O) groups excluding carboxylic acids is 3. The van der Waals surface area contributed by atoms with Gasteiger partial charge >= 0.3 is 5.97 Å². The largest absolute Gasteiger partial charge is 0.464 e. The number of ketones is 1. The molecule has 1 N–H and O–H groups in total. The number of hydrogen-bond donors (Lipinski definition) is 1. The highest BCUT2D eigenvalue weighted by atomic mass is 16.5. The molecule has 2 heterocycles. The van der Waals surface area contributed by atoms with Crippen LogP contribution in [-0.2, 0) is 4.74 Å². The van der Waals surface area contributed by atoms with Crippen LogP contribution >= 0.6 is 0 Å². The molecule has 0 saturated heterocycles. The number of methoxy groups -OCH3 is 1. The highest BCUT2D eigenvalue weighted by molar-refractivity contribution is 6.07. The van der Waals surface area contributed by atoms with Crippen LogP contribution in [0.3, 0.4) is 0 Å². The zero-order valence-corrected chi connectivity index (χ0v) is 15.3. The second-order valence-electron chi connectivity index (χ2n) is 6.58. The zero-order chi connectivity index (χ0) is 19.0. The van der Waals surface area contributed by atoms with Gasteiger partial charge in [-0.05, 0) is 51.3 Å². The Morgan fingerprint density at radius 3 is 2.54 bits per heavy atom. The smallest absolute Gasteiger partial charge is 0.354 e. The Bertz CT molecular complexity index is 846. The van der Waals surface area contributed by atoms with Crippen molar-refractivity contribution < 1.29 is 23.5 Å². The molecule has 1 amide bonds. The van der Waals surface area contributed by atoms with Gasteiger partial charge in [-0.15, -0.1) is 0 Å². The minimum absolute atomic E-state index is 0.0335. The molecule has 0 spiro atoms. The van der Waals surface area contributed by atoms with Crippen LogP contribution in [0.4, 0.5) is 0 Å². The topological polar surface area (TPSA) is 92.6 Å². The van der Waals surface area contributed by atoms with Crippen molar-refractivity contribution >= 4 is 17.7 Å². The van der Waals surface area contributed by atoms with Crippen LogP contribution in [0, 0.1) is 13.8 Å². The van der Waals surface area contributed by atoms with Crippen LogP contribution in [0.25, 0.3) is 0 Å². The summed E-state index contributed by atoms with van der Waals surface area (Å²) in [6, 6.07) is 2.61. The van der Waals surface area contributed by atoms with Crippen LogP contribution in [0.15, 0.2) is 22.8 Å². The van der Waals surface area contributed by atoms with Gasteiger partial charge in [-0.25, -0.2) is 4.79 Å². The summed E-state index contributed by atoms with van der Waals surface area (Å²) >= 11 is 0. The lowest BCUT2D eigenvalue weighted by atomic mass is 9.99. The van der Waals surface area contributed by atoms with Gasteiger partial charge in [0, 0.05) is 17.3 Å². The van der Waals surface area contributed by atoms with E-state index in [2.05, 4.69) is 4.98 Å². The molecule has 7 heteroatoms. The molecule has 138 valence electrons. The Labute approximate surface area is 151 Å². The van der Waals surface area contributed by atoms with E-state index in [1.807, 2.05) is 0 Å². The molecule has 1 saturated carbocycles. The number of esters is 1. The third-order valence-corrected chi connectivity index (χ3v) is 4.78. The van der Waals surface area contributed by atoms with E-state index in [1.54, 1.807) is 37.8 Å². The fourth-order valence-electron chi connectivity index (χ4n) is 3.30. The summed E-state index contributed by atoms with van der Waals surface area (Å²) in [5.41, 5.74) is 1.81. The van der Waals surface area contributed by atoms with Crippen LogP contribution in [0.2, 0.25) is 0 Å². The second-order valence-corrected chi connectivity index (χ2v) is 6.58. The number of hydrogen-bond acceptors (Lipinski definition) is 5. The number of Topliss-reactive ketones (excluding diaryl/α,β-unsaturated/α-hetero) is 1. The lowest BCUT2D eigenvalue weighted by molar-refractivity contribution is 0.0582. The van der Waals surface area contributed by atoms with Crippen LogP contribution < -0.4 is 0 Å². The lowest BCUT2D eigenvalue weighted by Gasteiger charge is -2.27. The van der Waals surface area contributed by atoms with Gasteiger partial charge < -0.3 is 19.0 Å². The molecule has 0 unspecified atom stereocenters. The van der Waals surface area contributed by atoms with Gasteiger partial charge in [0.15, 0.2) is 11.5 Å². The highest BCUT2D eigenvalue weighted by Crippen LogP contribution is 2.32. The van der Waals surface area contributed by atoms with Crippen LogP contribution in [0.5, 0.6) is 0 Å². The molecule has 2 aromatic heterocycles. The van der Waals surface area contributed by atoms with Crippen LogP contribution in [0.1, 0.15) is 62.4 Å². The number of carbonyl (C=O) groups is 3. The van der Waals surface area contributed by atoms with E-state index in [9.17, 15) is 14.4 Å². The molecule has 2 aromatic rings. The Morgan fingerprint density at radius 2 is 2.00 bits per heavy atom. The lowest BCUT2D eigenvalue weighted by Crippen LogP contribution is -2.45. The van der Waals surface area contributed by atoms with Crippen LogP contribution in [-0.4, -0.2) is 46.7 Å². The Kier molecular flexibility index (Phi) is 4.71. The van der Waals surface area contributed by atoms with Crippen molar-refractivity contribution in [2.75, 3.05) is 7.11 Å². The van der Waals surface area contributed by atoms with Crippen molar-refractivity contribution in [3.05, 3.63) is 46.7 Å². The number of furan rings is 1. The van der Waals surface area contributed by atoms with Gasteiger partial charge in [0.25, 0.3) is 5.91 Å². The summed E-state index contributed by atoms with van der Waals surface area (Å²) in [7, 11) is 1.29. The first kappa shape index (κ1) is 18.0. The average Bonchev–Trinajstić information content (AvgIpc) is 3.19. The summed E-state index contributed by atoms with van der Waals surface area (Å²) in [5.74, 6) is -0.812. The molecule has 1 aliphatic carbocycles. The minimum atomic E-state index is -0.668. The maximum Gasteiger partial charge on any atom is 0.354 e. The first-order valence-corrected chi connectivity index (χ1v) is 8.54. The standard InChI is InChI=1S/C19H22N2O5/c1-10-15(11(2)20-16(10)19(24)25-4)17(22)12(3)21(13-7-8-13)18(23)14-6-5-9-26-14/h5-6,9,12-13,20H,7-8H2,1-4H3/t12-/m0/s1. The third-order valence-electron chi connectivity index (χ3n) is 4.78. The number of nitrogens with one attached hydrogen (secondary N) is 1. The average molecular weight is 358 g/mol. The molecular formula is C19H22N2O5. The van der Waals surface area contributed by atoms with Gasteiger partial charge in [0.1, 0.15) is 5.69 Å². The van der Waals surface area contributed by atoms with Crippen molar-refractivity contribution in [2.24, 2.45) is 0 Å². The minimum Gasteiger partial charge on any atom is -0.464 e. The second kappa shape index (κ2) is 6.82. The van der Waals surface area contributed by atoms with E-state index < -0.39 is 12.0 Å². The summed E-state index contributed by atoms with van der Waals surface area (Å²) in [5, 5.41) is 0. The molecule has 1 fully saturated rings. The Morgan fingerprint density at radius 1 is 1.31 bits per heavy atom. The first-order valence-electron chi connectivity index (χ1n) is 8.54. The van der Waals surface area contributed by atoms with E-state index in [0.29, 0.717) is 16.8 Å². The number of amides is 1. The van der Waals surface area contributed by atoms with E-state index in [4.69, 9.17) is 9.15 Å². The molecular weight excluding hydrogens is 336 g/mol. The summed E-state index contributed by atoms with van der Waals surface area (Å²) < 4.78 is 9.97. The van der Waals surface area contributed by atoms with E-state index >= 15 is 0 Å². The molecule has 7 nitrogen and oxygen atoms in total. The maximum absolute atomic E-state index is 13.2. The number of aromatic nitrogens is 1. The zero-order valence-electron chi connectivity index (χ0n) is 15.3. The molecule has 1 aliphatic rings. The van der Waals surface area contributed by atoms with Gasteiger partial charge in [-0.3, -0.25) is 9.59 Å². The highest BCUT2D eigenvalue weighted by Gasteiger charge is 2.40. The Balaban J connectivity index is 1.92.